The number of benzene rings is 1. The number of hydrogen-bond donors (Lipinski definition) is 1. The zero-order valence-corrected chi connectivity index (χ0v) is 12.6. The Kier molecular flexibility index (Phi) is 5.55. The third kappa shape index (κ3) is 3.73. The molecule has 0 fully saturated rings. The summed E-state index contributed by atoms with van der Waals surface area (Å²) in [6, 6.07) is 5.14. The summed E-state index contributed by atoms with van der Waals surface area (Å²) >= 11 is 0. The van der Waals surface area contributed by atoms with Gasteiger partial charge in [-0.3, -0.25) is 9.59 Å². The Hall–Kier alpha value is -2.04. The van der Waals surface area contributed by atoms with Gasteiger partial charge < -0.3 is 15.5 Å². The van der Waals surface area contributed by atoms with Gasteiger partial charge >= 0.3 is 0 Å². The number of aryl methyl sites for hydroxylation is 1. The van der Waals surface area contributed by atoms with E-state index >= 15 is 0 Å². The van der Waals surface area contributed by atoms with Crippen LogP contribution in [0.25, 0.3) is 0 Å². The van der Waals surface area contributed by atoms with Gasteiger partial charge in [0, 0.05) is 31.4 Å². The van der Waals surface area contributed by atoms with E-state index in [1.165, 1.54) is 4.90 Å². The van der Waals surface area contributed by atoms with E-state index < -0.39 is 0 Å². The highest BCUT2D eigenvalue weighted by Crippen LogP contribution is 2.14. The molecule has 0 radical (unpaired) electrons. The molecule has 0 aliphatic carbocycles. The SMILES string of the molecule is CCN(CC)C(=O)CN(C)C(=O)c1ccc(N)c(C)c1. The van der Waals surface area contributed by atoms with Crippen molar-refractivity contribution < 1.29 is 9.59 Å². The summed E-state index contributed by atoms with van der Waals surface area (Å²) in [6.45, 7) is 7.09. The summed E-state index contributed by atoms with van der Waals surface area (Å²) < 4.78 is 0. The number of carbonyl (C=O) groups is 2. The van der Waals surface area contributed by atoms with E-state index in [9.17, 15) is 9.59 Å². The molecule has 2 amide bonds. The maximum Gasteiger partial charge on any atom is 0.254 e. The van der Waals surface area contributed by atoms with Crippen LogP contribution in [0.2, 0.25) is 0 Å². The first-order valence-electron chi connectivity index (χ1n) is 6.80. The van der Waals surface area contributed by atoms with Gasteiger partial charge in [0.05, 0.1) is 6.54 Å². The van der Waals surface area contributed by atoms with Crippen molar-refractivity contribution in [3.8, 4) is 0 Å². The molecule has 0 heterocycles. The molecular formula is C15H23N3O2. The van der Waals surface area contributed by atoms with E-state index in [0.717, 1.165) is 5.56 Å². The fourth-order valence-corrected chi connectivity index (χ4v) is 1.98. The van der Waals surface area contributed by atoms with Gasteiger partial charge in [-0.25, -0.2) is 0 Å². The van der Waals surface area contributed by atoms with E-state index in [4.69, 9.17) is 5.73 Å². The summed E-state index contributed by atoms with van der Waals surface area (Å²) in [5.41, 5.74) is 7.80. The van der Waals surface area contributed by atoms with Gasteiger partial charge in [0.1, 0.15) is 0 Å². The molecule has 0 saturated carbocycles. The van der Waals surface area contributed by atoms with Gasteiger partial charge in [0.15, 0.2) is 0 Å². The highest BCUT2D eigenvalue weighted by atomic mass is 16.2. The lowest BCUT2D eigenvalue weighted by molar-refractivity contribution is -0.131. The van der Waals surface area contributed by atoms with E-state index in [1.807, 2.05) is 20.8 Å². The van der Waals surface area contributed by atoms with Crippen molar-refractivity contribution >= 4 is 17.5 Å². The summed E-state index contributed by atoms with van der Waals surface area (Å²) in [5.74, 6) is -0.216. The minimum absolute atomic E-state index is 0.0435. The Morgan fingerprint density at radius 2 is 1.80 bits per heavy atom. The highest BCUT2D eigenvalue weighted by Gasteiger charge is 2.18. The Labute approximate surface area is 120 Å². The van der Waals surface area contributed by atoms with Crippen molar-refractivity contribution in [1.29, 1.82) is 0 Å². The average Bonchev–Trinajstić information content (AvgIpc) is 2.42. The number of nitrogen functional groups attached to an aromatic ring is 1. The average molecular weight is 277 g/mol. The van der Waals surface area contributed by atoms with E-state index in [-0.39, 0.29) is 18.4 Å². The molecule has 1 aromatic rings. The van der Waals surface area contributed by atoms with Crippen LogP contribution in [0.4, 0.5) is 5.69 Å². The van der Waals surface area contributed by atoms with Gasteiger partial charge in [-0.2, -0.15) is 0 Å². The number of anilines is 1. The maximum absolute atomic E-state index is 12.3. The lowest BCUT2D eigenvalue weighted by Crippen LogP contribution is -2.41. The van der Waals surface area contributed by atoms with Crippen molar-refractivity contribution in [1.82, 2.24) is 9.80 Å². The molecule has 1 rings (SSSR count). The van der Waals surface area contributed by atoms with Gasteiger partial charge in [0.2, 0.25) is 5.91 Å². The quantitative estimate of drug-likeness (QED) is 0.830. The molecule has 0 unspecified atom stereocenters. The third-order valence-electron chi connectivity index (χ3n) is 3.35. The lowest BCUT2D eigenvalue weighted by atomic mass is 10.1. The Morgan fingerprint density at radius 3 is 2.30 bits per heavy atom. The number of rotatable bonds is 5. The van der Waals surface area contributed by atoms with Crippen LogP contribution in [0.15, 0.2) is 18.2 Å². The summed E-state index contributed by atoms with van der Waals surface area (Å²) in [7, 11) is 1.63. The number of hydrogen-bond acceptors (Lipinski definition) is 3. The third-order valence-corrected chi connectivity index (χ3v) is 3.35. The molecular weight excluding hydrogens is 254 g/mol. The van der Waals surface area contributed by atoms with Crippen LogP contribution in [0.3, 0.4) is 0 Å². The second-order valence-corrected chi connectivity index (χ2v) is 4.80. The summed E-state index contributed by atoms with van der Waals surface area (Å²) in [6.07, 6.45) is 0. The van der Waals surface area contributed by atoms with Crippen molar-refractivity contribution in [2.45, 2.75) is 20.8 Å². The minimum atomic E-state index is -0.173. The zero-order valence-electron chi connectivity index (χ0n) is 12.6. The number of nitrogens with two attached hydrogens (primary N) is 1. The summed E-state index contributed by atoms with van der Waals surface area (Å²) in [5, 5.41) is 0. The van der Waals surface area contributed by atoms with E-state index in [0.29, 0.717) is 24.3 Å². The minimum Gasteiger partial charge on any atom is -0.399 e. The predicted molar refractivity (Wildman–Crippen MR) is 80.5 cm³/mol. The standard InChI is InChI=1S/C15H23N3O2/c1-5-18(6-2)14(19)10-17(4)15(20)12-7-8-13(16)11(3)9-12/h7-9H,5-6,10,16H2,1-4H3. The molecule has 1 aromatic carbocycles. The lowest BCUT2D eigenvalue weighted by Gasteiger charge is -2.23. The van der Waals surface area contributed by atoms with E-state index in [2.05, 4.69) is 0 Å². The van der Waals surface area contributed by atoms with Crippen LogP contribution in [-0.2, 0) is 4.79 Å². The smallest absolute Gasteiger partial charge is 0.254 e. The van der Waals surface area contributed by atoms with Gasteiger partial charge in [-0.05, 0) is 44.5 Å². The molecule has 0 atom stereocenters. The molecule has 0 aromatic heterocycles. The second kappa shape index (κ2) is 6.93. The van der Waals surface area contributed by atoms with Crippen molar-refractivity contribution in [3.05, 3.63) is 29.3 Å². The summed E-state index contributed by atoms with van der Waals surface area (Å²) in [4.78, 5) is 27.4. The molecule has 2 N–H and O–H groups in total. The molecule has 5 heteroatoms. The van der Waals surface area contributed by atoms with Crippen molar-refractivity contribution in [2.24, 2.45) is 0 Å². The van der Waals surface area contributed by atoms with Crippen LogP contribution >= 0.6 is 0 Å². The van der Waals surface area contributed by atoms with Crippen LogP contribution < -0.4 is 5.73 Å². The molecule has 0 spiro atoms. The zero-order chi connectivity index (χ0) is 15.3. The number of likely N-dealkylation sites (N-methyl/N-ethyl adjacent to an activating group) is 2. The van der Waals surface area contributed by atoms with Crippen LogP contribution in [0, 0.1) is 6.92 Å². The fourth-order valence-electron chi connectivity index (χ4n) is 1.98. The Morgan fingerprint density at radius 1 is 1.20 bits per heavy atom. The first kappa shape index (κ1) is 16.0. The number of amides is 2. The molecule has 5 nitrogen and oxygen atoms in total. The normalized spacial score (nSPS) is 10.2. The van der Waals surface area contributed by atoms with Crippen molar-refractivity contribution in [3.63, 3.8) is 0 Å². The topological polar surface area (TPSA) is 66.6 Å². The first-order chi connectivity index (χ1) is 9.40. The largest absolute Gasteiger partial charge is 0.399 e. The molecule has 0 bridgehead atoms. The molecule has 20 heavy (non-hydrogen) atoms. The van der Waals surface area contributed by atoms with Gasteiger partial charge in [-0.15, -0.1) is 0 Å². The molecule has 110 valence electrons. The van der Waals surface area contributed by atoms with E-state index in [1.54, 1.807) is 30.1 Å². The molecule has 0 aliphatic heterocycles. The number of nitrogens with zero attached hydrogens (tertiary/aromatic N) is 2. The monoisotopic (exact) mass is 277 g/mol. The maximum atomic E-state index is 12.3. The number of carbonyl (C=O) groups excluding carboxylic acids is 2. The van der Waals surface area contributed by atoms with Crippen LogP contribution in [-0.4, -0.2) is 48.3 Å². The van der Waals surface area contributed by atoms with Crippen LogP contribution in [0.1, 0.15) is 29.8 Å². The van der Waals surface area contributed by atoms with Crippen LogP contribution in [0.5, 0.6) is 0 Å². The van der Waals surface area contributed by atoms with Gasteiger partial charge in [-0.1, -0.05) is 0 Å². The predicted octanol–water partition coefficient (Wildman–Crippen LogP) is 1.52. The Balaban J connectivity index is 2.76. The van der Waals surface area contributed by atoms with Crippen molar-refractivity contribution in [2.75, 3.05) is 32.4 Å². The fraction of sp³-hybridized carbons (Fsp3) is 0.467. The second-order valence-electron chi connectivity index (χ2n) is 4.80. The first-order valence-corrected chi connectivity index (χ1v) is 6.80. The van der Waals surface area contributed by atoms with Gasteiger partial charge in [0.25, 0.3) is 5.91 Å². The molecule has 0 saturated heterocycles. The molecule has 0 aliphatic rings. The highest BCUT2D eigenvalue weighted by molar-refractivity contribution is 5.96. The Bertz CT molecular complexity index is 496.